The van der Waals surface area contributed by atoms with Crippen LogP contribution in [0.1, 0.15) is 5.69 Å². The minimum atomic E-state index is 0.373. The fourth-order valence-corrected chi connectivity index (χ4v) is 1.79. The molecule has 0 aromatic carbocycles. The van der Waals surface area contributed by atoms with Crippen LogP contribution in [0.15, 0.2) is 34.7 Å². The quantitative estimate of drug-likeness (QED) is 0.354. The van der Waals surface area contributed by atoms with Crippen LogP contribution in [-0.2, 0) is 0 Å². The molecule has 0 aliphatic carbocycles. The highest BCUT2D eigenvalue weighted by Gasteiger charge is 2.03. The third-order valence-electron chi connectivity index (χ3n) is 1.73. The normalized spacial score (nSPS) is 10.1. The van der Waals surface area contributed by atoms with Gasteiger partial charge in [0.1, 0.15) is 5.03 Å². The number of hydrogen-bond donors (Lipinski definition) is 2. The second-order valence-corrected chi connectivity index (χ2v) is 3.93. The van der Waals surface area contributed by atoms with Crippen LogP contribution in [0.25, 0.3) is 0 Å². The predicted molar refractivity (Wildman–Crippen MR) is 60.7 cm³/mol. The molecule has 0 saturated carbocycles. The Morgan fingerprint density at radius 2 is 2.00 bits per heavy atom. The molecule has 0 unspecified atom stereocenters. The molecule has 2 rings (SSSR count). The highest BCUT2D eigenvalue weighted by molar-refractivity contribution is 7.99. The van der Waals surface area contributed by atoms with E-state index in [0.29, 0.717) is 11.1 Å². The van der Waals surface area contributed by atoms with Crippen molar-refractivity contribution in [2.24, 2.45) is 5.84 Å². The van der Waals surface area contributed by atoms with Crippen LogP contribution < -0.4 is 11.3 Å². The van der Waals surface area contributed by atoms with Gasteiger partial charge in [0.15, 0.2) is 5.16 Å². The summed E-state index contributed by atoms with van der Waals surface area (Å²) in [5.74, 6) is 5.59. The van der Waals surface area contributed by atoms with Gasteiger partial charge in [-0.15, -0.1) is 0 Å². The van der Waals surface area contributed by atoms with Gasteiger partial charge < -0.3 is 0 Å². The highest BCUT2D eigenvalue weighted by Crippen LogP contribution is 2.22. The molecule has 0 atom stereocenters. The number of hydrogen-bond acceptors (Lipinski definition) is 7. The van der Waals surface area contributed by atoms with Crippen LogP contribution in [0, 0.1) is 6.92 Å². The number of nitrogens with zero attached hydrogens (tertiary/aromatic N) is 4. The van der Waals surface area contributed by atoms with Crippen molar-refractivity contribution < 1.29 is 0 Å². The third kappa shape index (κ3) is 2.65. The van der Waals surface area contributed by atoms with Crippen LogP contribution >= 0.6 is 11.8 Å². The summed E-state index contributed by atoms with van der Waals surface area (Å²) in [4.78, 5) is 16.5. The second kappa shape index (κ2) is 4.86. The summed E-state index contributed by atoms with van der Waals surface area (Å²) >= 11 is 1.36. The fraction of sp³-hybridized carbons (Fsp3) is 0.111. The highest BCUT2D eigenvalue weighted by atomic mass is 32.2. The molecule has 3 N–H and O–H groups in total. The number of nitrogens with one attached hydrogen (secondary N) is 1. The Kier molecular flexibility index (Phi) is 3.28. The van der Waals surface area contributed by atoms with E-state index in [4.69, 9.17) is 5.84 Å². The largest absolute Gasteiger partial charge is 0.292 e. The maximum absolute atomic E-state index is 5.22. The minimum absolute atomic E-state index is 0.373. The first-order valence-electron chi connectivity index (χ1n) is 4.55. The van der Waals surface area contributed by atoms with Gasteiger partial charge in [-0.05, 0) is 30.8 Å². The smallest absolute Gasteiger partial charge is 0.238 e. The zero-order chi connectivity index (χ0) is 11.4. The van der Waals surface area contributed by atoms with Crippen molar-refractivity contribution in [3.8, 4) is 0 Å². The number of hydrazine groups is 1. The van der Waals surface area contributed by atoms with Crippen LogP contribution in [0.2, 0.25) is 0 Å². The summed E-state index contributed by atoms with van der Waals surface area (Å²) in [6.45, 7) is 1.92. The monoisotopic (exact) mass is 234 g/mol. The number of nitrogens with two attached hydrogens (primary N) is 1. The van der Waals surface area contributed by atoms with Crippen molar-refractivity contribution in [1.82, 2.24) is 19.9 Å². The average Bonchev–Trinajstić information content (AvgIpc) is 2.29. The first kappa shape index (κ1) is 10.8. The lowest BCUT2D eigenvalue weighted by atomic mass is 10.5. The molecule has 2 aromatic rings. The lowest BCUT2D eigenvalue weighted by molar-refractivity contribution is 0.925. The Bertz CT molecular complexity index is 489. The Labute approximate surface area is 96.7 Å². The van der Waals surface area contributed by atoms with E-state index in [2.05, 4.69) is 25.4 Å². The molecule has 2 aromatic heterocycles. The summed E-state index contributed by atoms with van der Waals surface area (Å²) in [7, 11) is 0. The summed E-state index contributed by atoms with van der Waals surface area (Å²) in [6, 6.07) is 3.62. The van der Waals surface area contributed by atoms with E-state index >= 15 is 0 Å². The summed E-state index contributed by atoms with van der Waals surface area (Å²) < 4.78 is 0. The lowest BCUT2D eigenvalue weighted by Crippen LogP contribution is -2.10. The Morgan fingerprint density at radius 1 is 1.19 bits per heavy atom. The molecule has 0 saturated heterocycles. The standard InChI is InChI=1S/C9H10N6S/c1-6-2-4-12-9(13-6)16-7-3-5-11-8(14-7)15-10/h2-5H,10H2,1H3,(H,11,14,15). The number of nitrogen functional groups attached to an aromatic ring is 1. The summed E-state index contributed by atoms with van der Waals surface area (Å²) in [5, 5.41) is 1.40. The van der Waals surface area contributed by atoms with Crippen LogP contribution in [0.4, 0.5) is 5.95 Å². The molecule has 0 aliphatic heterocycles. The van der Waals surface area contributed by atoms with E-state index in [9.17, 15) is 0 Å². The molecule has 0 spiro atoms. The maximum atomic E-state index is 5.22. The molecule has 16 heavy (non-hydrogen) atoms. The summed E-state index contributed by atoms with van der Waals surface area (Å²) in [6.07, 6.45) is 3.34. The Balaban J connectivity index is 2.20. The number of aryl methyl sites for hydroxylation is 1. The van der Waals surface area contributed by atoms with Crippen molar-refractivity contribution in [2.45, 2.75) is 17.1 Å². The first-order valence-corrected chi connectivity index (χ1v) is 5.37. The predicted octanol–water partition coefficient (Wildman–Crippen LogP) is 1.01. The molecular formula is C9H10N6S. The Morgan fingerprint density at radius 3 is 2.75 bits per heavy atom. The molecule has 0 amide bonds. The van der Waals surface area contributed by atoms with E-state index < -0.39 is 0 Å². The van der Waals surface area contributed by atoms with Gasteiger partial charge in [0, 0.05) is 18.1 Å². The molecule has 0 fully saturated rings. The van der Waals surface area contributed by atoms with E-state index in [0.717, 1.165) is 10.7 Å². The summed E-state index contributed by atoms with van der Waals surface area (Å²) in [5.41, 5.74) is 3.31. The average molecular weight is 234 g/mol. The zero-order valence-electron chi connectivity index (χ0n) is 8.58. The van der Waals surface area contributed by atoms with Crippen LogP contribution in [-0.4, -0.2) is 19.9 Å². The van der Waals surface area contributed by atoms with E-state index in [1.807, 2.05) is 13.0 Å². The van der Waals surface area contributed by atoms with Gasteiger partial charge in [0.05, 0.1) is 0 Å². The van der Waals surface area contributed by atoms with Gasteiger partial charge in [0.25, 0.3) is 0 Å². The topological polar surface area (TPSA) is 89.6 Å². The van der Waals surface area contributed by atoms with Crippen molar-refractivity contribution in [3.63, 3.8) is 0 Å². The molecule has 0 bridgehead atoms. The van der Waals surface area contributed by atoms with Gasteiger partial charge in [-0.25, -0.2) is 25.8 Å². The van der Waals surface area contributed by atoms with E-state index in [1.54, 1.807) is 18.5 Å². The van der Waals surface area contributed by atoms with Crippen LogP contribution in [0.5, 0.6) is 0 Å². The fourth-order valence-electron chi connectivity index (χ4n) is 1.04. The van der Waals surface area contributed by atoms with Gasteiger partial charge in [0.2, 0.25) is 5.95 Å². The van der Waals surface area contributed by atoms with Crippen molar-refractivity contribution in [2.75, 3.05) is 5.43 Å². The third-order valence-corrected chi connectivity index (χ3v) is 2.54. The SMILES string of the molecule is Cc1ccnc(Sc2ccnc(NN)n2)n1. The van der Waals surface area contributed by atoms with Crippen molar-refractivity contribution in [1.29, 1.82) is 0 Å². The molecule has 6 nitrogen and oxygen atoms in total. The number of rotatable bonds is 3. The van der Waals surface area contributed by atoms with E-state index in [-0.39, 0.29) is 0 Å². The van der Waals surface area contributed by atoms with Crippen molar-refractivity contribution >= 4 is 17.7 Å². The molecule has 7 heteroatoms. The number of anilines is 1. The molecule has 0 radical (unpaired) electrons. The van der Waals surface area contributed by atoms with Gasteiger partial charge in [-0.1, -0.05) is 0 Å². The lowest BCUT2D eigenvalue weighted by Gasteiger charge is -2.01. The minimum Gasteiger partial charge on any atom is -0.292 e. The van der Waals surface area contributed by atoms with Gasteiger partial charge in [-0.3, -0.25) is 5.43 Å². The molecular weight excluding hydrogens is 224 g/mol. The van der Waals surface area contributed by atoms with E-state index in [1.165, 1.54) is 11.8 Å². The van der Waals surface area contributed by atoms with Gasteiger partial charge >= 0.3 is 0 Å². The molecule has 0 aliphatic rings. The Hall–Kier alpha value is -1.73. The maximum Gasteiger partial charge on any atom is 0.238 e. The zero-order valence-corrected chi connectivity index (χ0v) is 9.40. The van der Waals surface area contributed by atoms with Crippen LogP contribution in [0.3, 0.4) is 0 Å². The number of aromatic nitrogens is 4. The molecule has 2 heterocycles. The van der Waals surface area contributed by atoms with Gasteiger partial charge in [-0.2, -0.15) is 0 Å². The first-order chi connectivity index (χ1) is 7.78. The molecule has 82 valence electrons. The second-order valence-electron chi connectivity index (χ2n) is 2.95. The van der Waals surface area contributed by atoms with Crippen molar-refractivity contribution in [3.05, 3.63) is 30.2 Å².